The minimum absolute atomic E-state index is 0.159. The summed E-state index contributed by atoms with van der Waals surface area (Å²) in [6, 6.07) is 15.5. The number of aryl methyl sites for hydroxylation is 1. The van der Waals surface area contributed by atoms with Crippen LogP contribution in [0.25, 0.3) is 11.1 Å². The molecule has 4 rings (SSSR count). The smallest absolute Gasteiger partial charge is 0.159 e. The van der Waals surface area contributed by atoms with E-state index in [4.69, 9.17) is 0 Å². The molecule has 0 aromatic heterocycles. The van der Waals surface area contributed by atoms with Gasteiger partial charge in [0.1, 0.15) is 0 Å². The van der Waals surface area contributed by atoms with E-state index in [9.17, 15) is 8.78 Å². The Hall–Kier alpha value is -1.74. The van der Waals surface area contributed by atoms with E-state index in [0.717, 1.165) is 35.3 Å². The maximum absolute atomic E-state index is 13.5. The third-order valence-corrected chi connectivity index (χ3v) is 10.3. The third kappa shape index (κ3) is 5.94. The van der Waals surface area contributed by atoms with Crippen molar-refractivity contribution in [3.05, 3.63) is 71.4 Å². The first-order valence-electron chi connectivity index (χ1n) is 12.1. The van der Waals surface area contributed by atoms with Gasteiger partial charge in [-0.3, -0.25) is 0 Å². The van der Waals surface area contributed by atoms with Crippen LogP contribution in [-0.2, 0) is 6.42 Å². The molecule has 0 bridgehead atoms. The molecule has 0 spiro atoms. The lowest BCUT2D eigenvalue weighted by atomic mass is 9.73. The van der Waals surface area contributed by atoms with Gasteiger partial charge in [-0.1, -0.05) is 74.2 Å². The molecule has 0 unspecified atom stereocenters. The Morgan fingerprint density at radius 1 is 0.806 bits per heavy atom. The molecule has 1 aliphatic heterocycles. The number of halogens is 2. The number of benzene rings is 2. The van der Waals surface area contributed by atoms with E-state index in [0.29, 0.717) is 0 Å². The lowest BCUT2D eigenvalue weighted by molar-refractivity contribution is 0.186. The van der Waals surface area contributed by atoms with Gasteiger partial charge in [-0.25, -0.2) is 8.78 Å². The van der Waals surface area contributed by atoms with Crippen LogP contribution < -0.4 is 0 Å². The summed E-state index contributed by atoms with van der Waals surface area (Å²) in [6.45, 7) is 2.17. The predicted octanol–water partition coefficient (Wildman–Crippen LogP) is 8.39. The Morgan fingerprint density at radius 3 is 2.10 bits per heavy atom. The van der Waals surface area contributed by atoms with E-state index in [2.05, 4.69) is 30.8 Å². The van der Waals surface area contributed by atoms with E-state index in [-0.39, 0.29) is 8.80 Å². The number of hydrogen-bond donors (Lipinski definition) is 0. The zero-order valence-electron chi connectivity index (χ0n) is 18.8. The van der Waals surface area contributed by atoms with Gasteiger partial charge in [0.15, 0.2) is 11.6 Å². The minimum atomic E-state index is -0.794. The highest BCUT2D eigenvalue weighted by molar-refractivity contribution is 6.64. The number of allylic oxidation sites excluding steroid dienone is 1. The molecular formula is C28H35F2Si. The first-order valence-corrected chi connectivity index (χ1v) is 14.1. The summed E-state index contributed by atoms with van der Waals surface area (Å²) in [7, 11) is -0.159. The first-order chi connectivity index (χ1) is 15.1. The van der Waals surface area contributed by atoms with Crippen LogP contribution in [0.1, 0.15) is 57.4 Å². The van der Waals surface area contributed by atoms with Gasteiger partial charge in [0.2, 0.25) is 0 Å². The maximum Gasteiger partial charge on any atom is 0.159 e. The lowest BCUT2D eigenvalue weighted by Gasteiger charge is -2.37. The average Bonchev–Trinajstić information content (AvgIpc) is 2.81. The van der Waals surface area contributed by atoms with Crippen molar-refractivity contribution < 1.29 is 8.78 Å². The van der Waals surface area contributed by atoms with Gasteiger partial charge in [-0.05, 0) is 79.2 Å². The van der Waals surface area contributed by atoms with E-state index in [1.807, 2.05) is 12.1 Å². The van der Waals surface area contributed by atoms with Crippen molar-refractivity contribution >= 4 is 8.80 Å². The molecule has 1 saturated heterocycles. The Labute approximate surface area is 188 Å². The summed E-state index contributed by atoms with van der Waals surface area (Å²) in [5.41, 5.74) is 5.53. The summed E-state index contributed by atoms with van der Waals surface area (Å²) in [6.07, 6.45) is 13.3. The van der Waals surface area contributed by atoms with Gasteiger partial charge in [0, 0.05) is 0 Å². The zero-order valence-corrected chi connectivity index (χ0v) is 19.8. The largest absolute Gasteiger partial charge is 0.204 e. The predicted molar refractivity (Wildman–Crippen MR) is 128 cm³/mol. The highest BCUT2D eigenvalue weighted by atomic mass is 28.3. The molecule has 2 fully saturated rings. The molecule has 165 valence electrons. The molecule has 1 radical (unpaired) electrons. The lowest BCUT2D eigenvalue weighted by Crippen LogP contribution is -2.28. The van der Waals surface area contributed by atoms with Crippen molar-refractivity contribution in [3.8, 4) is 11.1 Å². The Bertz CT molecular complexity index is 857. The highest BCUT2D eigenvalue weighted by Gasteiger charge is 2.30. The molecular weight excluding hydrogens is 402 g/mol. The molecule has 1 heterocycles. The van der Waals surface area contributed by atoms with Crippen LogP contribution in [0.2, 0.25) is 12.1 Å². The average molecular weight is 438 g/mol. The maximum atomic E-state index is 13.5. The van der Waals surface area contributed by atoms with Gasteiger partial charge in [0.25, 0.3) is 0 Å². The third-order valence-electron chi connectivity index (χ3n) is 7.68. The minimum Gasteiger partial charge on any atom is -0.204 e. The van der Waals surface area contributed by atoms with Crippen molar-refractivity contribution in [1.82, 2.24) is 0 Å². The molecule has 0 amide bonds. The van der Waals surface area contributed by atoms with Crippen molar-refractivity contribution in [3.63, 3.8) is 0 Å². The fourth-order valence-electron chi connectivity index (χ4n) is 5.74. The molecule has 2 aromatic carbocycles. The molecule has 3 heteroatoms. The van der Waals surface area contributed by atoms with Crippen LogP contribution in [0.15, 0.2) is 54.2 Å². The summed E-state index contributed by atoms with van der Waals surface area (Å²) >= 11 is 0. The van der Waals surface area contributed by atoms with Gasteiger partial charge >= 0.3 is 0 Å². The second-order valence-corrected chi connectivity index (χ2v) is 12.3. The van der Waals surface area contributed by atoms with Crippen molar-refractivity contribution in [2.45, 2.75) is 70.4 Å². The van der Waals surface area contributed by atoms with E-state index >= 15 is 0 Å². The molecule has 2 aliphatic rings. The van der Waals surface area contributed by atoms with Crippen LogP contribution in [-0.4, -0.2) is 8.80 Å². The van der Waals surface area contributed by atoms with Crippen molar-refractivity contribution in [2.24, 2.45) is 17.8 Å². The SMILES string of the molecule is C/C=C/[Si]1CCC(C2CCC(CCc3ccc(-c4ccc(F)c(F)c4)cc3)CC2)CC1. The van der Waals surface area contributed by atoms with Gasteiger partial charge in [-0.2, -0.15) is 0 Å². The fourth-order valence-corrected chi connectivity index (χ4v) is 8.28. The van der Waals surface area contributed by atoms with Gasteiger partial charge in [-0.15, -0.1) is 5.70 Å². The number of rotatable bonds is 6. The van der Waals surface area contributed by atoms with E-state index in [1.165, 1.54) is 74.7 Å². The summed E-state index contributed by atoms with van der Waals surface area (Å²) < 4.78 is 26.6. The molecule has 0 nitrogen and oxygen atoms in total. The van der Waals surface area contributed by atoms with E-state index < -0.39 is 11.6 Å². The van der Waals surface area contributed by atoms with Crippen molar-refractivity contribution in [2.75, 3.05) is 0 Å². The van der Waals surface area contributed by atoms with Crippen LogP contribution in [0.4, 0.5) is 8.78 Å². The Morgan fingerprint density at radius 2 is 1.45 bits per heavy atom. The zero-order chi connectivity index (χ0) is 21.6. The molecule has 1 aliphatic carbocycles. The van der Waals surface area contributed by atoms with E-state index in [1.54, 1.807) is 6.07 Å². The molecule has 2 aromatic rings. The Kier molecular flexibility index (Phi) is 7.76. The summed E-state index contributed by atoms with van der Waals surface area (Å²) in [5, 5.41) is 0. The fraction of sp³-hybridized carbons (Fsp3) is 0.500. The van der Waals surface area contributed by atoms with Gasteiger partial charge < -0.3 is 0 Å². The molecule has 1 saturated carbocycles. The monoisotopic (exact) mass is 437 g/mol. The first kappa shape index (κ1) is 22.5. The standard InChI is InChI=1S/C28H35F2Si/c1-2-17-31-18-15-25(16-19-31)23-9-5-21(6-10-23)3-4-22-7-11-24(12-8-22)26-13-14-27(29)28(30)20-26/h2,7-8,11-14,17,20-21,23,25H,3-6,9-10,15-16,18-19H2,1H3/b17-2+. The van der Waals surface area contributed by atoms with Crippen LogP contribution >= 0.6 is 0 Å². The van der Waals surface area contributed by atoms with Crippen LogP contribution in [0, 0.1) is 29.4 Å². The normalized spacial score (nSPS) is 23.5. The quantitative estimate of drug-likeness (QED) is 0.398. The second-order valence-electron chi connectivity index (χ2n) is 9.64. The highest BCUT2D eigenvalue weighted by Crippen LogP contribution is 2.41. The van der Waals surface area contributed by atoms with Gasteiger partial charge in [0.05, 0.1) is 8.80 Å². The van der Waals surface area contributed by atoms with Crippen LogP contribution in [0.3, 0.4) is 0 Å². The van der Waals surface area contributed by atoms with Crippen LogP contribution in [0.5, 0.6) is 0 Å². The number of hydrogen-bond acceptors (Lipinski definition) is 0. The topological polar surface area (TPSA) is 0 Å². The molecule has 31 heavy (non-hydrogen) atoms. The summed E-state index contributed by atoms with van der Waals surface area (Å²) in [5.74, 6) is 1.28. The molecule has 0 atom stereocenters. The molecule has 0 N–H and O–H groups in total. The Balaban J connectivity index is 1.21. The summed E-state index contributed by atoms with van der Waals surface area (Å²) in [4.78, 5) is 0. The second kappa shape index (κ2) is 10.7. The van der Waals surface area contributed by atoms with Crippen molar-refractivity contribution in [1.29, 1.82) is 0 Å².